The van der Waals surface area contributed by atoms with Crippen LogP contribution in [-0.2, 0) is 0 Å². The minimum absolute atomic E-state index is 0.126. The number of hydrogen-bond acceptors (Lipinski definition) is 2. The molecule has 1 saturated heterocycles. The summed E-state index contributed by atoms with van der Waals surface area (Å²) in [6, 6.07) is 8.27. The summed E-state index contributed by atoms with van der Waals surface area (Å²) in [5.74, 6) is 0.126. The minimum Gasteiger partial charge on any atom is -0.361 e. The van der Waals surface area contributed by atoms with E-state index in [-0.39, 0.29) is 5.91 Å². The van der Waals surface area contributed by atoms with Crippen LogP contribution in [0.4, 0.5) is 0 Å². The standard InChI is InChI=1S/C14H17N3O/c1-15-11-6-8-17(9-11)14(18)12-4-2-3-10-5-7-16-13(10)12/h2-5,7,11,15-16H,6,8-9H2,1H3. The number of hydrogen-bond donors (Lipinski definition) is 2. The molecule has 0 radical (unpaired) electrons. The first-order chi connectivity index (χ1) is 8.79. The molecule has 4 nitrogen and oxygen atoms in total. The van der Waals surface area contributed by atoms with Crippen molar-refractivity contribution in [3.8, 4) is 0 Å². The predicted molar refractivity (Wildman–Crippen MR) is 71.7 cm³/mol. The van der Waals surface area contributed by atoms with E-state index in [0.29, 0.717) is 6.04 Å². The van der Waals surface area contributed by atoms with Gasteiger partial charge in [0.1, 0.15) is 0 Å². The fraction of sp³-hybridized carbons (Fsp3) is 0.357. The molecule has 1 atom stereocenters. The molecule has 2 heterocycles. The van der Waals surface area contributed by atoms with Gasteiger partial charge in [0.15, 0.2) is 0 Å². The van der Waals surface area contributed by atoms with Crippen LogP contribution in [-0.4, -0.2) is 42.0 Å². The minimum atomic E-state index is 0.126. The molecule has 4 heteroatoms. The van der Waals surface area contributed by atoms with Crippen molar-refractivity contribution in [1.29, 1.82) is 0 Å². The number of rotatable bonds is 2. The van der Waals surface area contributed by atoms with E-state index in [0.717, 1.165) is 36.0 Å². The van der Waals surface area contributed by atoms with Gasteiger partial charge in [0.25, 0.3) is 5.91 Å². The quantitative estimate of drug-likeness (QED) is 0.841. The molecule has 3 rings (SSSR count). The number of carbonyl (C=O) groups is 1. The Morgan fingerprint density at radius 2 is 2.33 bits per heavy atom. The highest BCUT2D eigenvalue weighted by Crippen LogP contribution is 2.20. The lowest BCUT2D eigenvalue weighted by Gasteiger charge is -2.16. The Bertz CT molecular complexity index is 575. The summed E-state index contributed by atoms with van der Waals surface area (Å²) in [6.45, 7) is 1.63. The summed E-state index contributed by atoms with van der Waals surface area (Å²) in [5.41, 5.74) is 1.71. The van der Waals surface area contributed by atoms with Crippen molar-refractivity contribution in [1.82, 2.24) is 15.2 Å². The number of aromatic nitrogens is 1. The Morgan fingerprint density at radius 1 is 1.44 bits per heavy atom. The number of likely N-dealkylation sites (tertiary alicyclic amines) is 1. The summed E-state index contributed by atoms with van der Waals surface area (Å²) >= 11 is 0. The first-order valence-corrected chi connectivity index (χ1v) is 6.32. The van der Waals surface area contributed by atoms with Gasteiger partial charge in [0.2, 0.25) is 0 Å². The monoisotopic (exact) mass is 243 g/mol. The van der Waals surface area contributed by atoms with Crippen LogP contribution in [0, 0.1) is 0 Å². The Morgan fingerprint density at radius 3 is 3.11 bits per heavy atom. The summed E-state index contributed by atoms with van der Waals surface area (Å²) in [5, 5.41) is 4.32. The normalized spacial score (nSPS) is 19.6. The number of amides is 1. The summed E-state index contributed by atoms with van der Waals surface area (Å²) in [7, 11) is 1.95. The number of para-hydroxylation sites is 1. The summed E-state index contributed by atoms with van der Waals surface area (Å²) in [6.07, 6.45) is 2.91. The molecule has 1 aromatic carbocycles. The van der Waals surface area contributed by atoms with Crippen LogP contribution in [0.3, 0.4) is 0 Å². The largest absolute Gasteiger partial charge is 0.361 e. The highest BCUT2D eigenvalue weighted by Gasteiger charge is 2.26. The van der Waals surface area contributed by atoms with Crippen molar-refractivity contribution in [3.63, 3.8) is 0 Å². The fourth-order valence-corrected chi connectivity index (χ4v) is 2.61. The molecule has 2 N–H and O–H groups in total. The molecule has 2 aromatic rings. The van der Waals surface area contributed by atoms with Gasteiger partial charge >= 0.3 is 0 Å². The highest BCUT2D eigenvalue weighted by molar-refractivity contribution is 6.05. The molecule has 1 amide bonds. The molecular weight excluding hydrogens is 226 g/mol. The van der Waals surface area contributed by atoms with Crippen LogP contribution in [0.5, 0.6) is 0 Å². The Labute approximate surface area is 106 Å². The maximum absolute atomic E-state index is 12.5. The van der Waals surface area contributed by atoms with Gasteiger partial charge in [-0.15, -0.1) is 0 Å². The molecule has 0 bridgehead atoms. The van der Waals surface area contributed by atoms with Crippen molar-refractivity contribution in [2.45, 2.75) is 12.5 Å². The number of nitrogens with zero attached hydrogens (tertiary/aromatic N) is 1. The molecular formula is C14H17N3O. The fourth-order valence-electron chi connectivity index (χ4n) is 2.61. The van der Waals surface area contributed by atoms with Crippen LogP contribution in [0.15, 0.2) is 30.5 Å². The number of likely N-dealkylation sites (N-methyl/N-ethyl adjacent to an activating group) is 1. The zero-order chi connectivity index (χ0) is 12.5. The highest BCUT2D eigenvalue weighted by atomic mass is 16.2. The van der Waals surface area contributed by atoms with E-state index in [4.69, 9.17) is 0 Å². The summed E-state index contributed by atoms with van der Waals surface area (Å²) < 4.78 is 0. The van der Waals surface area contributed by atoms with Crippen molar-refractivity contribution < 1.29 is 4.79 Å². The lowest BCUT2D eigenvalue weighted by molar-refractivity contribution is 0.0791. The average molecular weight is 243 g/mol. The van der Waals surface area contributed by atoms with Gasteiger partial charge in [-0.3, -0.25) is 4.79 Å². The van der Waals surface area contributed by atoms with Crippen LogP contribution in [0.1, 0.15) is 16.8 Å². The molecule has 18 heavy (non-hydrogen) atoms. The number of carbonyl (C=O) groups excluding carboxylic acids is 1. The Kier molecular flexibility index (Phi) is 2.80. The van der Waals surface area contributed by atoms with Gasteiger partial charge in [0.05, 0.1) is 11.1 Å². The second-order valence-electron chi connectivity index (χ2n) is 4.77. The van der Waals surface area contributed by atoms with Crippen LogP contribution in [0.25, 0.3) is 10.9 Å². The van der Waals surface area contributed by atoms with E-state index in [1.54, 1.807) is 0 Å². The summed E-state index contributed by atoms with van der Waals surface area (Å²) in [4.78, 5) is 17.6. The third-order valence-corrected chi connectivity index (χ3v) is 3.70. The number of aromatic amines is 1. The van der Waals surface area contributed by atoms with Gasteiger partial charge in [-0.2, -0.15) is 0 Å². The first kappa shape index (κ1) is 11.3. The maximum Gasteiger partial charge on any atom is 0.256 e. The molecule has 1 aromatic heterocycles. The average Bonchev–Trinajstić information content (AvgIpc) is 3.05. The van der Waals surface area contributed by atoms with Crippen molar-refractivity contribution >= 4 is 16.8 Å². The molecule has 1 unspecified atom stereocenters. The number of fused-ring (bicyclic) bond motifs is 1. The van der Waals surface area contributed by atoms with Crippen LogP contribution >= 0.6 is 0 Å². The number of nitrogens with one attached hydrogen (secondary N) is 2. The van der Waals surface area contributed by atoms with E-state index >= 15 is 0 Å². The third-order valence-electron chi connectivity index (χ3n) is 3.70. The molecule has 94 valence electrons. The maximum atomic E-state index is 12.5. The van der Waals surface area contributed by atoms with Crippen LogP contribution in [0.2, 0.25) is 0 Å². The molecule has 1 aliphatic rings. The smallest absolute Gasteiger partial charge is 0.256 e. The first-order valence-electron chi connectivity index (χ1n) is 6.32. The zero-order valence-corrected chi connectivity index (χ0v) is 10.4. The lowest BCUT2D eigenvalue weighted by atomic mass is 10.1. The second-order valence-corrected chi connectivity index (χ2v) is 4.77. The van der Waals surface area contributed by atoms with Crippen molar-refractivity contribution in [2.24, 2.45) is 0 Å². The molecule has 0 aliphatic carbocycles. The van der Waals surface area contributed by atoms with E-state index in [1.165, 1.54) is 0 Å². The Balaban J connectivity index is 1.90. The van der Waals surface area contributed by atoms with Crippen molar-refractivity contribution in [2.75, 3.05) is 20.1 Å². The van der Waals surface area contributed by atoms with Gasteiger partial charge in [-0.1, -0.05) is 12.1 Å². The molecule has 0 spiro atoms. The van der Waals surface area contributed by atoms with Gasteiger partial charge < -0.3 is 15.2 Å². The van der Waals surface area contributed by atoms with Crippen molar-refractivity contribution in [3.05, 3.63) is 36.0 Å². The van der Waals surface area contributed by atoms with Gasteiger partial charge in [0, 0.05) is 30.7 Å². The van der Waals surface area contributed by atoms with E-state index in [2.05, 4.69) is 10.3 Å². The van der Waals surface area contributed by atoms with Crippen LogP contribution < -0.4 is 5.32 Å². The van der Waals surface area contributed by atoms with E-state index in [1.807, 2.05) is 42.4 Å². The zero-order valence-electron chi connectivity index (χ0n) is 10.4. The van der Waals surface area contributed by atoms with E-state index in [9.17, 15) is 4.79 Å². The van der Waals surface area contributed by atoms with E-state index < -0.39 is 0 Å². The number of benzene rings is 1. The molecule has 0 saturated carbocycles. The van der Waals surface area contributed by atoms with Gasteiger partial charge in [-0.05, 0) is 25.6 Å². The SMILES string of the molecule is CNC1CCN(C(=O)c2cccc3cc[nH]c23)C1. The predicted octanol–water partition coefficient (Wildman–Crippen LogP) is 1.60. The Hall–Kier alpha value is -1.81. The van der Waals surface area contributed by atoms with Gasteiger partial charge in [-0.25, -0.2) is 0 Å². The number of H-pyrrole nitrogens is 1. The second kappa shape index (κ2) is 4.46. The molecule has 1 aliphatic heterocycles. The molecule has 1 fully saturated rings. The third kappa shape index (κ3) is 1.78. The topological polar surface area (TPSA) is 48.1 Å². The lowest BCUT2D eigenvalue weighted by Crippen LogP contribution is -2.33.